The van der Waals surface area contributed by atoms with Crippen molar-refractivity contribution in [3.8, 4) is 22.6 Å². The van der Waals surface area contributed by atoms with Crippen LogP contribution in [-0.2, 0) is 17.8 Å². The molecule has 3 aromatic heterocycles. The molecule has 0 bridgehead atoms. The maximum atomic E-state index is 12.3. The van der Waals surface area contributed by atoms with Gasteiger partial charge in [-0.1, -0.05) is 23.8 Å². The zero-order valence-corrected chi connectivity index (χ0v) is 19.4. The lowest BCUT2D eigenvalue weighted by Crippen LogP contribution is -2.25. The Morgan fingerprint density at radius 1 is 1.22 bits per heavy atom. The van der Waals surface area contributed by atoms with Gasteiger partial charge in [0.2, 0.25) is 5.91 Å². The van der Waals surface area contributed by atoms with E-state index in [-0.39, 0.29) is 5.91 Å². The minimum atomic E-state index is -0.0000874. The molecular formula is C23H24N6OS2. The second-order valence-electron chi connectivity index (χ2n) is 7.44. The number of benzene rings is 1. The van der Waals surface area contributed by atoms with Crippen LogP contribution in [0.1, 0.15) is 23.4 Å². The van der Waals surface area contributed by atoms with Gasteiger partial charge in [0.05, 0.1) is 10.7 Å². The summed E-state index contributed by atoms with van der Waals surface area (Å²) in [5, 5.41) is 13.3. The molecule has 9 heteroatoms. The van der Waals surface area contributed by atoms with E-state index in [1.54, 1.807) is 23.7 Å². The Hall–Kier alpha value is -3.17. The van der Waals surface area contributed by atoms with Crippen LogP contribution in [-0.4, -0.2) is 37.2 Å². The van der Waals surface area contributed by atoms with Gasteiger partial charge in [-0.15, -0.1) is 11.3 Å². The van der Waals surface area contributed by atoms with E-state index < -0.39 is 0 Å². The Bertz CT molecular complexity index is 1240. The van der Waals surface area contributed by atoms with Gasteiger partial charge in [-0.05, 0) is 43.8 Å². The molecule has 2 N–H and O–H groups in total. The summed E-state index contributed by atoms with van der Waals surface area (Å²) in [6.45, 7) is 3.13. The number of carbonyl (C=O) groups is 1. The van der Waals surface area contributed by atoms with Gasteiger partial charge in [-0.2, -0.15) is 5.10 Å². The van der Waals surface area contributed by atoms with Crippen molar-refractivity contribution < 1.29 is 4.79 Å². The lowest BCUT2D eigenvalue weighted by Gasteiger charge is -2.08. The second-order valence-corrected chi connectivity index (χ2v) is 8.77. The molecule has 0 radical (unpaired) electrons. The highest BCUT2D eigenvalue weighted by Crippen LogP contribution is 2.22. The van der Waals surface area contributed by atoms with Gasteiger partial charge in [0, 0.05) is 54.8 Å². The maximum absolute atomic E-state index is 12.3. The fraction of sp³-hybridized carbons (Fsp3) is 0.261. The van der Waals surface area contributed by atoms with Crippen LogP contribution >= 0.6 is 23.6 Å². The van der Waals surface area contributed by atoms with Crippen LogP contribution < -0.4 is 5.32 Å². The summed E-state index contributed by atoms with van der Waals surface area (Å²) in [6.07, 6.45) is 5.56. The van der Waals surface area contributed by atoms with E-state index in [2.05, 4.69) is 36.9 Å². The number of carbonyl (C=O) groups excluding carboxylic acids is 1. The number of nitrogens with one attached hydrogen (secondary N) is 2. The number of hydrogen-bond donors (Lipinski definition) is 2. The number of thiazole rings is 1. The number of hydrogen-bond acceptors (Lipinski definition) is 6. The number of rotatable bonds is 9. The van der Waals surface area contributed by atoms with Crippen molar-refractivity contribution in [1.29, 1.82) is 0 Å². The highest BCUT2D eigenvalue weighted by Gasteiger charge is 2.11. The van der Waals surface area contributed by atoms with Crippen molar-refractivity contribution >= 4 is 29.5 Å². The van der Waals surface area contributed by atoms with Gasteiger partial charge < -0.3 is 5.32 Å². The normalized spacial score (nSPS) is 10.9. The molecule has 4 rings (SSSR count). The van der Waals surface area contributed by atoms with Gasteiger partial charge in [-0.3, -0.25) is 19.4 Å². The summed E-state index contributed by atoms with van der Waals surface area (Å²) in [4.78, 5) is 21.1. The third kappa shape index (κ3) is 5.54. The van der Waals surface area contributed by atoms with Gasteiger partial charge in [0.1, 0.15) is 0 Å². The van der Waals surface area contributed by atoms with Crippen molar-refractivity contribution in [2.75, 3.05) is 6.54 Å². The maximum Gasteiger partial charge on any atom is 0.221 e. The van der Waals surface area contributed by atoms with Crippen LogP contribution in [0.25, 0.3) is 22.6 Å². The lowest BCUT2D eigenvalue weighted by atomic mass is 10.1. The molecule has 0 fully saturated rings. The van der Waals surface area contributed by atoms with E-state index in [4.69, 9.17) is 12.2 Å². The predicted octanol–water partition coefficient (Wildman–Crippen LogP) is 4.57. The SMILES string of the molecule is Cc1cccc(-c2n[nH]c(=S)n2CCC(=O)NCCCc2nc(-c3ccncc3)cs2)c1. The Morgan fingerprint density at radius 2 is 2.06 bits per heavy atom. The van der Waals surface area contributed by atoms with Crippen LogP contribution in [0, 0.1) is 11.7 Å². The molecule has 0 saturated carbocycles. The third-order valence-electron chi connectivity index (χ3n) is 5.01. The van der Waals surface area contributed by atoms with Crippen molar-refractivity contribution in [2.24, 2.45) is 0 Å². The highest BCUT2D eigenvalue weighted by atomic mass is 32.1. The quantitative estimate of drug-likeness (QED) is 0.280. The average Bonchev–Trinajstić information content (AvgIpc) is 3.42. The fourth-order valence-electron chi connectivity index (χ4n) is 3.38. The van der Waals surface area contributed by atoms with E-state index in [0.717, 1.165) is 46.1 Å². The first-order valence-electron chi connectivity index (χ1n) is 10.4. The average molecular weight is 465 g/mol. The third-order valence-corrected chi connectivity index (χ3v) is 6.23. The van der Waals surface area contributed by atoms with Gasteiger partial charge in [0.25, 0.3) is 0 Å². The van der Waals surface area contributed by atoms with Crippen molar-refractivity contribution in [1.82, 2.24) is 30.0 Å². The second kappa shape index (κ2) is 10.4. The monoisotopic (exact) mass is 464 g/mol. The molecular weight excluding hydrogens is 440 g/mol. The highest BCUT2D eigenvalue weighted by molar-refractivity contribution is 7.71. The van der Waals surface area contributed by atoms with E-state index in [1.807, 2.05) is 41.8 Å². The minimum Gasteiger partial charge on any atom is -0.356 e. The molecule has 0 saturated heterocycles. The summed E-state index contributed by atoms with van der Waals surface area (Å²) in [5.41, 5.74) is 4.16. The smallest absolute Gasteiger partial charge is 0.221 e. The minimum absolute atomic E-state index is 0.0000874. The van der Waals surface area contributed by atoms with E-state index in [9.17, 15) is 4.79 Å². The number of H-pyrrole nitrogens is 1. The molecule has 3 heterocycles. The summed E-state index contributed by atoms with van der Waals surface area (Å²) in [7, 11) is 0. The Kier molecular flexibility index (Phi) is 7.18. The predicted molar refractivity (Wildman–Crippen MR) is 129 cm³/mol. The molecule has 0 spiro atoms. The van der Waals surface area contributed by atoms with Crippen molar-refractivity contribution in [3.05, 3.63) is 69.5 Å². The summed E-state index contributed by atoms with van der Waals surface area (Å²) >= 11 is 7.00. The van der Waals surface area contributed by atoms with Crippen molar-refractivity contribution in [2.45, 2.75) is 32.7 Å². The van der Waals surface area contributed by atoms with E-state index >= 15 is 0 Å². The molecule has 7 nitrogen and oxygen atoms in total. The number of pyridine rings is 1. The van der Waals surface area contributed by atoms with Crippen LogP contribution in [0.2, 0.25) is 0 Å². The summed E-state index contributed by atoms with van der Waals surface area (Å²) in [6, 6.07) is 12.0. The Labute approximate surface area is 195 Å². The van der Waals surface area contributed by atoms with Crippen molar-refractivity contribution in [3.63, 3.8) is 0 Å². The molecule has 1 amide bonds. The van der Waals surface area contributed by atoms with Gasteiger partial charge >= 0.3 is 0 Å². The van der Waals surface area contributed by atoms with Crippen LogP contribution in [0.5, 0.6) is 0 Å². The molecule has 164 valence electrons. The van der Waals surface area contributed by atoms with Crippen LogP contribution in [0.3, 0.4) is 0 Å². The summed E-state index contributed by atoms with van der Waals surface area (Å²) < 4.78 is 2.39. The number of nitrogens with zero attached hydrogens (tertiary/aromatic N) is 4. The Balaban J connectivity index is 1.24. The van der Waals surface area contributed by atoms with Gasteiger partial charge in [0.15, 0.2) is 10.6 Å². The molecule has 1 aromatic carbocycles. The first kappa shape index (κ1) is 22.0. The molecule has 0 unspecified atom stereocenters. The fourth-order valence-corrected chi connectivity index (χ4v) is 4.45. The first-order valence-corrected chi connectivity index (χ1v) is 11.7. The molecule has 4 aromatic rings. The molecule has 0 aliphatic rings. The van der Waals surface area contributed by atoms with Crippen LogP contribution in [0.15, 0.2) is 54.2 Å². The Morgan fingerprint density at radius 3 is 2.88 bits per heavy atom. The molecule has 0 aliphatic carbocycles. The topological polar surface area (TPSA) is 88.5 Å². The standard InChI is InChI=1S/C23H24N6OS2/c1-16-4-2-5-18(14-16)22-27-28-23(31)29(22)13-9-20(30)25-10-3-6-21-26-19(15-32-21)17-7-11-24-12-8-17/h2,4-5,7-8,11-12,14-15H,3,6,9-10,13H2,1H3,(H,25,30)(H,28,31). The van der Waals surface area contributed by atoms with Gasteiger partial charge in [-0.25, -0.2) is 4.98 Å². The number of aromatic amines is 1. The number of aryl methyl sites for hydroxylation is 2. The first-order chi connectivity index (χ1) is 15.6. The molecule has 0 aliphatic heterocycles. The zero-order chi connectivity index (χ0) is 22.3. The molecule has 0 atom stereocenters. The lowest BCUT2D eigenvalue weighted by molar-refractivity contribution is -0.121. The molecule has 32 heavy (non-hydrogen) atoms. The van der Waals surface area contributed by atoms with E-state index in [1.165, 1.54) is 0 Å². The zero-order valence-electron chi connectivity index (χ0n) is 17.7. The largest absolute Gasteiger partial charge is 0.356 e. The number of aromatic nitrogens is 5. The summed E-state index contributed by atoms with van der Waals surface area (Å²) in [5.74, 6) is 0.750. The van der Waals surface area contributed by atoms with E-state index in [0.29, 0.717) is 24.3 Å². The number of amides is 1. The van der Waals surface area contributed by atoms with Crippen LogP contribution in [0.4, 0.5) is 0 Å².